The summed E-state index contributed by atoms with van der Waals surface area (Å²) in [4.78, 5) is 18.4. The summed E-state index contributed by atoms with van der Waals surface area (Å²) < 4.78 is 10.6. The SMILES string of the molecule is CCNC(=NCc1ccccc1COC)NC1CN(C(=O)OC(C)(C)C)C1. The van der Waals surface area contributed by atoms with Crippen LogP contribution < -0.4 is 10.6 Å². The second-order valence-electron chi connectivity index (χ2n) is 7.62. The van der Waals surface area contributed by atoms with Gasteiger partial charge < -0.3 is 25.0 Å². The van der Waals surface area contributed by atoms with Crippen LogP contribution in [-0.2, 0) is 22.6 Å². The predicted molar refractivity (Wildman–Crippen MR) is 107 cm³/mol. The first-order chi connectivity index (χ1) is 12.8. The summed E-state index contributed by atoms with van der Waals surface area (Å²) in [6, 6.07) is 8.30. The summed E-state index contributed by atoms with van der Waals surface area (Å²) in [5.74, 6) is 0.749. The van der Waals surface area contributed by atoms with Crippen LogP contribution in [0.5, 0.6) is 0 Å². The molecule has 1 amide bonds. The predicted octanol–water partition coefficient (Wildman–Crippen LogP) is 2.51. The normalized spacial score (nSPS) is 15.3. The van der Waals surface area contributed by atoms with E-state index < -0.39 is 5.60 Å². The van der Waals surface area contributed by atoms with Crippen molar-refractivity contribution in [1.82, 2.24) is 15.5 Å². The molecule has 7 heteroatoms. The van der Waals surface area contributed by atoms with Crippen molar-refractivity contribution in [3.05, 3.63) is 35.4 Å². The number of nitrogens with one attached hydrogen (secondary N) is 2. The van der Waals surface area contributed by atoms with Gasteiger partial charge in [0, 0.05) is 26.7 Å². The molecule has 0 radical (unpaired) electrons. The van der Waals surface area contributed by atoms with E-state index in [2.05, 4.69) is 27.8 Å². The van der Waals surface area contributed by atoms with Gasteiger partial charge in [0.05, 0.1) is 19.2 Å². The van der Waals surface area contributed by atoms with Crippen LogP contribution in [0, 0.1) is 0 Å². The molecular formula is C20H32N4O3. The molecule has 7 nitrogen and oxygen atoms in total. The average Bonchev–Trinajstić information content (AvgIpc) is 2.55. The maximum absolute atomic E-state index is 12.0. The molecule has 0 unspecified atom stereocenters. The summed E-state index contributed by atoms with van der Waals surface area (Å²) in [6.07, 6.45) is -0.268. The number of hydrogen-bond donors (Lipinski definition) is 2. The third-order valence-electron chi connectivity index (χ3n) is 4.04. The van der Waals surface area contributed by atoms with E-state index in [4.69, 9.17) is 9.47 Å². The van der Waals surface area contributed by atoms with Crippen LogP contribution in [0.15, 0.2) is 29.3 Å². The molecule has 0 aromatic heterocycles. The molecule has 1 aromatic rings. The van der Waals surface area contributed by atoms with Crippen molar-refractivity contribution in [3.63, 3.8) is 0 Å². The van der Waals surface area contributed by atoms with E-state index in [0.717, 1.165) is 23.6 Å². The molecular weight excluding hydrogens is 344 g/mol. The van der Waals surface area contributed by atoms with Gasteiger partial charge in [-0.05, 0) is 38.8 Å². The zero-order valence-corrected chi connectivity index (χ0v) is 17.0. The van der Waals surface area contributed by atoms with Crippen LogP contribution in [0.4, 0.5) is 4.79 Å². The van der Waals surface area contributed by atoms with Crippen molar-refractivity contribution in [3.8, 4) is 0 Å². The van der Waals surface area contributed by atoms with Gasteiger partial charge in [0.2, 0.25) is 0 Å². The standard InChI is InChI=1S/C20H32N4O3/c1-6-21-18(22-11-15-9-7-8-10-16(15)14-26-5)23-17-12-24(13-17)19(25)27-20(2,3)4/h7-10,17H,6,11-14H2,1-5H3,(H2,21,22,23). The fourth-order valence-electron chi connectivity index (χ4n) is 2.73. The third kappa shape index (κ3) is 6.75. The molecule has 1 heterocycles. The lowest BCUT2D eigenvalue weighted by molar-refractivity contribution is 0.00701. The second kappa shape index (κ2) is 9.60. The minimum atomic E-state index is -0.471. The lowest BCUT2D eigenvalue weighted by Crippen LogP contribution is -2.63. The number of carbonyl (C=O) groups is 1. The van der Waals surface area contributed by atoms with Gasteiger partial charge in [-0.3, -0.25) is 0 Å². The van der Waals surface area contributed by atoms with Crippen LogP contribution >= 0.6 is 0 Å². The Bertz CT molecular complexity index is 649. The number of carbonyl (C=O) groups excluding carboxylic acids is 1. The van der Waals surface area contributed by atoms with Gasteiger partial charge in [0.15, 0.2) is 5.96 Å². The van der Waals surface area contributed by atoms with E-state index in [9.17, 15) is 4.79 Å². The van der Waals surface area contributed by atoms with E-state index in [1.807, 2.05) is 39.8 Å². The van der Waals surface area contributed by atoms with E-state index in [1.54, 1.807) is 12.0 Å². The number of likely N-dealkylation sites (tertiary alicyclic amines) is 1. The number of methoxy groups -OCH3 is 1. The molecule has 1 aromatic carbocycles. The van der Waals surface area contributed by atoms with Gasteiger partial charge in [-0.25, -0.2) is 9.79 Å². The Morgan fingerprint density at radius 1 is 1.26 bits per heavy atom. The largest absolute Gasteiger partial charge is 0.444 e. The average molecular weight is 377 g/mol. The van der Waals surface area contributed by atoms with Gasteiger partial charge in [-0.1, -0.05) is 24.3 Å². The number of rotatable bonds is 6. The van der Waals surface area contributed by atoms with Crippen LogP contribution in [0.25, 0.3) is 0 Å². The second-order valence-corrected chi connectivity index (χ2v) is 7.62. The molecule has 2 N–H and O–H groups in total. The molecule has 1 aliphatic rings. The molecule has 1 saturated heterocycles. The number of nitrogens with zero attached hydrogens (tertiary/aromatic N) is 2. The molecule has 0 atom stereocenters. The number of benzene rings is 1. The Hall–Kier alpha value is -2.28. The summed E-state index contributed by atoms with van der Waals surface area (Å²) >= 11 is 0. The molecule has 27 heavy (non-hydrogen) atoms. The van der Waals surface area contributed by atoms with Crippen molar-refractivity contribution in [1.29, 1.82) is 0 Å². The first-order valence-corrected chi connectivity index (χ1v) is 9.41. The van der Waals surface area contributed by atoms with Gasteiger partial charge in [0.1, 0.15) is 5.60 Å². The highest BCUT2D eigenvalue weighted by Crippen LogP contribution is 2.15. The molecule has 1 aliphatic heterocycles. The van der Waals surface area contributed by atoms with Gasteiger partial charge in [-0.15, -0.1) is 0 Å². The molecule has 2 rings (SSSR count). The van der Waals surface area contributed by atoms with Crippen LogP contribution in [0.1, 0.15) is 38.8 Å². The fraction of sp³-hybridized carbons (Fsp3) is 0.600. The Kier molecular flexibility index (Phi) is 7.47. The van der Waals surface area contributed by atoms with E-state index in [1.165, 1.54) is 0 Å². The fourth-order valence-corrected chi connectivity index (χ4v) is 2.73. The van der Waals surface area contributed by atoms with Crippen molar-refractivity contribution in [2.24, 2.45) is 4.99 Å². The zero-order valence-electron chi connectivity index (χ0n) is 17.0. The first-order valence-electron chi connectivity index (χ1n) is 9.41. The molecule has 0 bridgehead atoms. The summed E-state index contributed by atoms with van der Waals surface area (Å²) in [6.45, 7) is 10.8. The highest BCUT2D eigenvalue weighted by Gasteiger charge is 2.34. The zero-order chi connectivity index (χ0) is 19.9. The van der Waals surface area contributed by atoms with Crippen molar-refractivity contribution in [2.75, 3.05) is 26.7 Å². The lowest BCUT2D eigenvalue weighted by atomic mass is 10.1. The Morgan fingerprint density at radius 2 is 1.93 bits per heavy atom. The maximum atomic E-state index is 12.0. The molecule has 1 fully saturated rings. The maximum Gasteiger partial charge on any atom is 0.410 e. The van der Waals surface area contributed by atoms with Crippen molar-refractivity contribution >= 4 is 12.1 Å². The quantitative estimate of drug-likeness (QED) is 0.589. The first kappa shape index (κ1) is 21.0. The monoisotopic (exact) mass is 376 g/mol. The molecule has 0 aliphatic carbocycles. The Balaban J connectivity index is 1.89. The molecule has 150 valence electrons. The smallest absolute Gasteiger partial charge is 0.410 e. The summed E-state index contributed by atoms with van der Waals surface area (Å²) in [7, 11) is 1.69. The highest BCUT2D eigenvalue weighted by molar-refractivity contribution is 5.80. The molecule has 0 spiro atoms. The Morgan fingerprint density at radius 3 is 2.52 bits per heavy atom. The van der Waals surface area contributed by atoms with E-state index >= 15 is 0 Å². The number of ether oxygens (including phenoxy) is 2. The van der Waals surface area contributed by atoms with E-state index in [0.29, 0.717) is 26.2 Å². The van der Waals surface area contributed by atoms with Gasteiger partial charge >= 0.3 is 6.09 Å². The van der Waals surface area contributed by atoms with Crippen molar-refractivity contribution in [2.45, 2.75) is 52.5 Å². The van der Waals surface area contributed by atoms with Gasteiger partial charge in [-0.2, -0.15) is 0 Å². The van der Waals surface area contributed by atoms with E-state index in [-0.39, 0.29) is 12.1 Å². The minimum Gasteiger partial charge on any atom is -0.444 e. The van der Waals surface area contributed by atoms with Crippen molar-refractivity contribution < 1.29 is 14.3 Å². The number of aliphatic imine (C=N–C) groups is 1. The number of amides is 1. The van der Waals surface area contributed by atoms with Gasteiger partial charge in [0.25, 0.3) is 0 Å². The highest BCUT2D eigenvalue weighted by atomic mass is 16.6. The van der Waals surface area contributed by atoms with Crippen LogP contribution in [0.3, 0.4) is 0 Å². The van der Waals surface area contributed by atoms with Crippen LogP contribution in [0.2, 0.25) is 0 Å². The summed E-state index contributed by atoms with van der Waals surface area (Å²) in [5.41, 5.74) is 1.81. The number of hydrogen-bond acceptors (Lipinski definition) is 4. The topological polar surface area (TPSA) is 75.2 Å². The third-order valence-corrected chi connectivity index (χ3v) is 4.04. The Labute approximate surface area is 162 Å². The summed E-state index contributed by atoms with van der Waals surface area (Å²) in [5, 5.41) is 6.64. The molecule has 0 saturated carbocycles. The lowest BCUT2D eigenvalue weighted by Gasteiger charge is -2.40. The number of guanidine groups is 1. The van der Waals surface area contributed by atoms with Crippen LogP contribution in [-0.4, -0.2) is 55.3 Å². The minimum absolute atomic E-state index is 0.171.